The fourth-order valence-electron chi connectivity index (χ4n) is 1.37. The van der Waals surface area contributed by atoms with E-state index in [-0.39, 0.29) is 23.3 Å². The Labute approximate surface area is 99.9 Å². The smallest absolute Gasteiger partial charge is 0.434 e. The Morgan fingerprint density at radius 1 is 1.39 bits per heavy atom. The minimum absolute atomic E-state index is 0.108. The van der Waals surface area contributed by atoms with Gasteiger partial charge >= 0.3 is 11.9 Å². The van der Waals surface area contributed by atoms with Gasteiger partial charge in [-0.25, -0.2) is 9.59 Å². The fraction of sp³-hybridized carbons (Fsp3) is 0.182. The third-order valence-electron chi connectivity index (χ3n) is 2.08. The summed E-state index contributed by atoms with van der Waals surface area (Å²) >= 11 is 0. The summed E-state index contributed by atoms with van der Waals surface area (Å²) in [7, 11) is 0. The molecule has 0 radical (unpaired) electrons. The molecule has 0 fully saturated rings. The molecule has 0 atom stereocenters. The van der Waals surface area contributed by atoms with Gasteiger partial charge in [-0.1, -0.05) is 0 Å². The maximum atomic E-state index is 11.5. The molecule has 1 N–H and O–H groups in total. The zero-order valence-electron chi connectivity index (χ0n) is 9.39. The SMILES string of the molecule is CCOC(=O)Oc1ccc2oc(=O)[nH]c(=O)c2c1. The third-order valence-corrected chi connectivity index (χ3v) is 2.08. The molecule has 2 rings (SSSR count). The minimum Gasteiger partial charge on any atom is -0.434 e. The van der Waals surface area contributed by atoms with Crippen molar-refractivity contribution in [1.29, 1.82) is 0 Å². The number of aromatic amines is 1. The van der Waals surface area contributed by atoms with Crippen molar-refractivity contribution < 1.29 is 18.7 Å². The van der Waals surface area contributed by atoms with Gasteiger partial charge in [-0.05, 0) is 25.1 Å². The Bertz CT molecular complexity index is 698. The van der Waals surface area contributed by atoms with Crippen LogP contribution in [-0.4, -0.2) is 17.7 Å². The van der Waals surface area contributed by atoms with Gasteiger partial charge < -0.3 is 13.9 Å². The molecule has 7 heteroatoms. The van der Waals surface area contributed by atoms with Gasteiger partial charge in [0, 0.05) is 0 Å². The van der Waals surface area contributed by atoms with Crippen LogP contribution in [0.2, 0.25) is 0 Å². The highest BCUT2D eigenvalue weighted by Gasteiger charge is 2.08. The lowest BCUT2D eigenvalue weighted by molar-refractivity contribution is 0.104. The lowest BCUT2D eigenvalue weighted by atomic mass is 10.2. The Morgan fingerprint density at radius 2 is 2.17 bits per heavy atom. The van der Waals surface area contributed by atoms with E-state index in [9.17, 15) is 14.4 Å². The largest absolute Gasteiger partial charge is 0.513 e. The third kappa shape index (κ3) is 2.40. The van der Waals surface area contributed by atoms with Crippen LogP contribution in [0.25, 0.3) is 11.0 Å². The molecular weight excluding hydrogens is 242 g/mol. The number of carbonyl (C=O) groups is 1. The van der Waals surface area contributed by atoms with Gasteiger partial charge in [0.25, 0.3) is 5.56 Å². The maximum absolute atomic E-state index is 11.5. The van der Waals surface area contributed by atoms with Gasteiger partial charge in [0.05, 0.1) is 12.0 Å². The molecule has 18 heavy (non-hydrogen) atoms. The molecule has 0 spiro atoms. The summed E-state index contributed by atoms with van der Waals surface area (Å²) in [4.78, 5) is 35.5. The molecule has 0 amide bonds. The number of ether oxygens (including phenoxy) is 2. The summed E-state index contributed by atoms with van der Waals surface area (Å²) in [5.74, 6) is -0.716. The van der Waals surface area contributed by atoms with Crippen molar-refractivity contribution in [1.82, 2.24) is 4.98 Å². The van der Waals surface area contributed by atoms with Crippen molar-refractivity contribution in [2.75, 3.05) is 6.61 Å². The Balaban J connectivity index is 2.41. The lowest BCUT2D eigenvalue weighted by Crippen LogP contribution is -2.18. The molecule has 1 aromatic carbocycles. The average molecular weight is 251 g/mol. The second-order valence-electron chi connectivity index (χ2n) is 3.29. The number of benzene rings is 1. The van der Waals surface area contributed by atoms with Crippen molar-refractivity contribution >= 4 is 17.1 Å². The molecule has 94 valence electrons. The van der Waals surface area contributed by atoms with Crippen LogP contribution in [0.5, 0.6) is 5.75 Å². The van der Waals surface area contributed by atoms with E-state index < -0.39 is 17.5 Å². The Hall–Kier alpha value is -2.57. The number of hydrogen-bond donors (Lipinski definition) is 1. The summed E-state index contributed by atoms with van der Waals surface area (Å²) in [5.41, 5.74) is -0.504. The van der Waals surface area contributed by atoms with Gasteiger partial charge in [-0.3, -0.25) is 9.78 Å². The molecule has 0 aliphatic carbocycles. The van der Waals surface area contributed by atoms with E-state index in [4.69, 9.17) is 9.15 Å². The summed E-state index contributed by atoms with van der Waals surface area (Å²) in [5, 5.41) is 0.108. The van der Waals surface area contributed by atoms with Crippen molar-refractivity contribution in [3.63, 3.8) is 0 Å². The number of rotatable bonds is 2. The van der Waals surface area contributed by atoms with E-state index in [1.165, 1.54) is 18.2 Å². The maximum Gasteiger partial charge on any atom is 0.513 e. The highest BCUT2D eigenvalue weighted by molar-refractivity contribution is 5.78. The number of aromatic nitrogens is 1. The first-order chi connectivity index (χ1) is 8.60. The predicted molar refractivity (Wildman–Crippen MR) is 60.8 cm³/mol. The highest BCUT2D eigenvalue weighted by Crippen LogP contribution is 2.17. The van der Waals surface area contributed by atoms with Crippen molar-refractivity contribution in [3.05, 3.63) is 39.1 Å². The average Bonchev–Trinajstić information content (AvgIpc) is 2.30. The van der Waals surface area contributed by atoms with Gasteiger partial charge in [0.2, 0.25) is 0 Å². The summed E-state index contributed by atoms with van der Waals surface area (Å²) in [6, 6.07) is 4.04. The molecular formula is C11H9NO6. The normalized spacial score (nSPS) is 10.3. The predicted octanol–water partition coefficient (Wildman–Crippen LogP) is 1.02. The number of nitrogens with one attached hydrogen (secondary N) is 1. The second-order valence-corrected chi connectivity index (χ2v) is 3.29. The van der Waals surface area contributed by atoms with Crippen molar-refractivity contribution in [2.45, 2.75) is 6.92 Å². The molecule has 0 aliphatic heterocycles. The first kappa shape index (κ1) is 11.9. The molecule has 0 saturated heterocycles. The fourth-order valence-corrected chi connectivity index (χ4v) is 1.37. The van der Waals surface area contributed by atoms with E-state index in [1.807, 2.05) is 4.98 Å². The number of fused-ring (bicyclic) bond motifs is 1. The molecule has 7 nitrogen and oxygen atoms in total. The molecule has 1 aromatic heterocycles. The van der Waals surface area contributed by atoms with Crippen LogP contribution in [0.3, 0.4) is 0 Å². The van der Waals surface area contributed by atoms with Crippen LogP contribution in [-0.2, 0) is 4.74 Å². The quantitative estimate of drug-likeness (QED) is 0.631. The van der Waals surface area contributed by atoms with Crippen LogP contribution >= 0.6 is 0 Å². The number of H-pyrrole nitrogens is 1. The molecule has 0 bridgehead atoms. The van der Waals surface area contributed by atoms with Gasteiger partial charge in [0.1, 0.15) is 11.3 Å². The zero-order chi connectivity index (χ0) is 13.1. The van der Waals surface area contributed by atoms with Crippen LogP contribution in [0.1, 0.15) is 6.92 Å². The van der Waals surface area contributed by atoms with Crippen molar-refractivity contribution in [3.8, 4) is 5.75 Å². The van der Waals surface area contributed by atoms with Crippen LogP contribution in [0, 0.1) is 0 Å². The highest BCUT2D eigenvalue weighted by atomic mass is 16.7. The second kappa shape index (κ2) is 4.74. The van der Waals surface area contributed by atoms with Crippen LogP contribution < -0.4 is 16.1 Å². The Kier molecular flexibility index (Phi) is 3.13. The van der Waals surface area contributed by atoms with E-state index in [1.54, 1.807) is 6.92 Å². The number of hydrogen-bond acceptors (Lipinski definition) is 6. The molecule has 2 aromatic rings. The molecule has 0 aliphatic rings. The van der Waals surface area contributed by atoms with E-state index in [2.05, 4.69) is 4.74 Å². The first-order valence-corrected chi connectivity index (χ1v) is 5.12. The van der Waals surface area contributed by atoms with Gasteiger partial charge in [0.15, 0.2) is 0 Å². The van der Waals surface area contributed by atoms with Gasteiger partial charge in [-0.2, -0.15) is 0 Å². The van der Waals surface area contributed by atoms with E-state index >= 15 is 0 Å². The standard InChI is InChI=1S/C11H9NO6/c1-2-16-11(15)17-6-3-4-8-7(5-6)9(13)12-10(14)18-8/h3-5H,2H2,1H3,(H,12,13,14). The topological polar surface area (TPSA) is 98.6 Å². The minimum atomic E-state index is -0.870. The monoisotopic (exact) mass is 251 g/mol. The lowest BCUT2D eigenvalue weighted by Gasteiger charge is -2.04. The zero-order valence-corrected chi connectivity index (χ0v) is 9.39. The first-order valence-electron chi connectivity index (χ1n) is 5.12. The summed E-state index contributed by atoms with van der Waals surface area (Å²) in [6.07, 6.45) is -0.870. The molecule has 0 saturated carbocycles. The van der Waals surface area contributed by atoms with E-state index in [0.29, 0.717) is 0 Å². The molecule has 0 unspecified atom stereocenters. The van der Waals surface area contributed by atoms with Crippen molar-refractivity contribution in [2.24, 2.45) is 0 Å². The van der Waals surface area contributed by atoms with Crippen LogP contribution in [0.4, 0.5) is 4.79 Å². The number of carbonyl (C=O) groups excluding carboxylic acids is 1. The summed E-state index contributed by atoms with van der Waals surface area (Å²) in [6.45, 7) is 1.82. The Morgan fingerprint density at radius 3 is 2.89 bits per heavy atom. The van der Waals surface area contributed by atoms with Crippen LogP contribution in [0.15, 0.2) is 32.2 Å². The summed E-state index contributed by atoms with van der Waals surface area (Å²) < 4.78 is 14.2. The van der Waals surface area contributed by atoms with E-state index in [0.717, 1.165) is 0 Å². The van der Waals surface area contributed by atoms with Gasteiger partial charge in [-0.15, -0.1) is 0 Å². The molecule has 1 heterocycles.